The number of ether oxygens (including phenoxy) is 1. The van der Waals surface area contributed by atoms with Gasteiger partial charge in [0, 0.05) is 44.0 Å². The molecule has 1 aliphatic heterocycles. The molecule has 1 saturated heterocycles. The number of carbonyl (C=O) groups is 1. The first-order valence-electron chi connectivity index (χ1n) is 12.2. The standard InChI is InChI=1S/C26H27N7O5S/c1-16-6-4-7-17(2)23(16)21-12-22(30-26(29-21)31-39(36,37)19-13-28-32(3)15-19)38-18-9-11-33(14-18)25(35)20-8-5-10-27-24(20)34/h4-8,10,12-13,15,18H,9,11,14H2,1-3H3,(H,27,34)(H,29,30,31). The van der Waals surface area contributed by atoms with E-state index in [1.807, 2.05) is 32.0 Å². The third-order valence-electron chi connectivity index (χ3n) is 6.39. The number of amides is 1. The molecule has 1 amide bonds. The molecule has 4 aromatic rings. The van der Waals surface area contributed by atoms with Gasteiger partial charge in [-0.15, -0.1) is 0 Å². The molecule has 3 aromatic heterocycles. The van der Waals surface area contributed by atoms with Gasteiger partial charge in [-0.25, -0.2) is 23.1 Å². The number of aromatic hydroxyl groups is 1. The second-order valence-electron chi connectivity index (χ2n) is 9.29. The number of pyridine rings is 1. The van der Waals surface area contributed by atoms with E-state index in [2.05, 4.69) is 24.8 Å². The van der Waals surface area contributed by atoms with Crippen molar-refractivity contribution in [2.75, 3.05) is 17.8 Å². The first kappa shape index (κ1) is 26.1. The number of likely N-dealkylation sites (tertiary alicyclic amines) is 1. The summed E-state index contributed by atoms with van der Waals surface area (Å²) < 4.78 is 35.9. The summed E-state index contributed by atoms with van der Waals surface area (Å²) in [5.41, 5.74) is 3.35. The van der Waals surface area contributed by atoms with Crippen LogP contribution in [0.4, 0.5) is 5.95 Å². The van der Waals surface area contributed by atoms with Crippen molar-refractivity contribution in [3.05, 3.63) is 71.7 Å². The van der Waals surface area contributed by atoms with Crippen molar-refractivity contribution in [2.45, 2.75) is 31.3 Å². The minimum Gasteiger partial charge on any atom is -0.493 e. The van der Waals surface area contributed by atoms with Crippen molar-refractivity contribution in [3.63, 3.8) is 0 Å². The number of aryl methyl sites for hydroxylation is 3. The Kier molecular flexibility index (Phi) is 6.91. The Labute approximate surface area is 225 Å². The van der Waals surface area contributed by atoms with Crippen LogP contribution in [-0.2, 0) is 17.1 Å². The zero-order valence-corrected chi connectivity index (χ0v) is 22.4. The number of carbonyl (C=O) groups excluding carboxylic acids is 1. The number of aromatic nitrogens is 5. The molecule has 1 aromatic carbocycles. The molecule has 1 atom stereocenters. The average molecular weight is 550 g/mol. The van der Waals surface area contributed by atoms with E-state index in [1.165, 1.54) is 29.3 Å². The molecular weight excluding hydrogens is 522 g/mol. The van der Waals surface area contributed by atoms with Crippen LogP contribution in [0.5, 0.6) is 11.8 Å². The molecule has 202 valence electrons. The van der Waals surface area contributed by atoms with E-state index in [0.717, 1.165) is 16.7 Å². The summed E-state index contributed by atoms with van der Waals surface area (Å²) >= 11 is 0. The highest BCUT2D eigenvalue weighted by Gasteiger charge is 2.30. The van der Waals surface area contributed by atoms with Gasteiger partial charge in [0.15, 0.2) is 0 Å². The maximum Gasteiger partial charge on any atom is 0.267 e. The third kappa shape index (κ3) is 5.53. The third-order valence-corrected chi connectivity index (χ3v) is 7.68. The van der Waals surface area contributed by atoms with E-state index in [0.29, 0.717) is 18.7 Å². The van der Waals surface area contributed by atoms with Crippen LogP contribution in [0.1, 0.15) is 27.9 Å². The SMILES string of the molecule is Cc1cccc(C)c1-c1cc(OC2CCN(C(=O)c3cccnc3O)C2)nc(NS(=O)(=O)c2cnn(C)c2)n1. The van der Waals surface area contributed by atoms with Crippen LogP contribution in [0, 0.1) is 13.8 Å². The highest BCUT2D eigenvalue weighted by atomic mass is 32.2. The van der Waals surface area contributed by atoms with Gasteiger partial charge in [-0.1, -0.05) is 18.2 Å². The van der Waals surface area contributed by atoms with Crippen molar-refractivity contribution < 1.29 is 23.1 Å². The molecule has 1 aliphatic rings. The Morgan fingerprint density at radius 2 is 1.92 bits per heavy atom. The molecule has 5 rings (SSSR count). The highest BCUT2D eigenvalue weighted by molar-refractivity contribution is 7.92. The second-order valence-corrected chi connectivity index (χ2v) is 11.0. The molecule has 2 N–H and O–H groups in total. The summed E-state index contributed by atoms with van der Waals surface area (Å²) in [6.45, 7) is 4.55. The molecule has 1 fully saturated rings. The lowest BCUT2D eigenvalue weighted by Gasteiger charge is -2.18. The fourth-order valence-electron chi connectivity index (χ4n) is 4.51. The van der Waals surface area contributed by atoms with Crippen LogP contribution in [0.15, 0.2) is 59.9 Å². The van der Waals surface area contributed by atoms with Crippen molar-refractivity contribution >= 4 is 21.9 Å². The number of benzene rings is 1. The van der Waals surface area contributed by atoms with Gasteiger partial charge in [-0.05, 0) is 37.1 Å². The Hall–Kier alpha value is -4.52. The predicted octanol–water partition coefficient (Wildman–Crippen LogP) is 2.69. The molecule has 0 bridgehead atoms. The Balaban J connectivity index is 1.44. The van der Waals surface area contributed by atoms with E-state index in [1.54, 1.807) is 24.1 Å². The summed E-state index contributed by atoms with van der Waals surface area (Å²) in [6, 6.07) is 10.6. The van der Waals surface area contributed by atoms with Crippen LogP contribution in [0.2, 0.25) is 0 Å². The van der Waals surface area contributed by atoms with Gasteiger partial charge in [0.05, 0.1) is 18.4 Å². The molecule has 0 aliphatic carbocycles. The quantitative estimate of drug-likeness (QED) is 0.354. The molecule has 0 saturated carbocycles. The minimum atomic E-state index is -4.01. The fraction of sp³-hybridized carbons (Fsp3) is 0.269. The number of anilines is 1. The Morgan fingerprint density at radius 1 is 1.15 bits per heavy atom. The van der Waals surface area contributed by atoms with E-state index < -0.39 is 16.1 Å². The molecular formula is C26H27N7O5S. The first-order chi connectivity index (χ1) is 18.6. The van der Waals surface area contributed by atoms with Gasteiger partial charge in [0.1, 0.15) is 16.6 Å². The lowest BCUT2D eigenvalue weighted by Crippen LogP contribution is -2.31. The molecule has 1 unspecified atom stereocenters. The molecule has 0 radical (unpaired) electrons. The van der Waals surface area contributed by atoms with Gasteiger partial charge < -0.3 is 14.7 Å². The van der Waals surface area contributed by atoms with E-state index >= 15 is 0 Å². The fourth-order valence-corrected chi connectivity index (χ4v) is 5.43. The number of hydrogen-bond acceptors (Lipinski definition) is 9. The largest absolute Gasteiger partial charge is 0.493 e. The van der Waals surface area contributed by atoms with Crippen molar-refractivity contribution in [1.82, 2.24) is 29.6 Å². The van der Waals surface area contributed by atoms with Gasteiger partial charge in [0.25, 0.3) is 15.9 Å². The summed E-state index contributed by atoms with van der Waals surface area (Å²) in [5.74, 6) is -0.669. The lowest BCUT2D eigenvalue weighted by atomic mass is 10.00. The van der Waals surface area contributed by atoms with E-state index in [4.69, 9.17) is 4.74 Å². The van der Waals surface area contributed by atoms with Crippen molar-refractivity contribution in [2.24, 2.45) is 7.05 Å². The van der Waals surface area contributed by atoms with Crippen molar-refractivity contribution in [3.8, 4) is 23.0 Å². The summed E-state index contributed by atoms with van der Waals surface area (Å²) in [7, 11) is -2.39. The number of hydrogen-bond donors (Lipinski definition) is 2. The van der Waals surface area contributed by atoms with Crippen LogP contribution in [-0.4, -0.2) is 68.3 Å². The first-order valence-corrected chi connectivity index (χ1v) is 13.7. The van der Waals surface area contributed by atoms with Crippen LogP contribution >= 0.6 is 0 Å². The molecule has 12 nitrogen and oxygen atoms in total. The van der Waals surface area contributed by atoms with Crippen molar-refractivity contribution in [1.29, 1.82) is 0 Å². The topological polar surface area (TPSA) is 152 Å². The van der Waals surface area contributed by atoms with Crippen LogP contribution in [0.25, 0.3) is 11.3 Å². The zero-order chi connectivity index (χ0) is 27.7. The normalized spacial score (nSPS) is 15.4. The predicted molar refractivity (Wildman–Crippen MR) is 142 cm³/mol. The number of sulfonamides is 1. The Morgan fingerprint density at radius 3 is 2.62 bits per heavy atom. The van der Waals surface area contributed by atoms with Gasteiger partial charge in [0.2, 0.25) is 17.7 Å². The maximum absolute atomic E-state index is 13.0. The van der Waals surface area contributed by atoms with E-state index in [9.17, 15) is 18.3 Å². The summed E-state index contributed by atoms with van der Waals surface area (Å²) in [6.07, 6.45) is 4.13. The minimum absolute atomic E-state index is 0.0304. The van der Waals surface area contributed by atoms with Gasteiger partial charge in [-0.2, -0.15) is 10.1 Å². The zero-order valence-electron chi connectivity index (χ0n) is 21.6. The highest BCUT2D eigenvalue weighted by Crippen LogP contribution is 2.30. The summed E-state index contributed by atoms with van der Waals surface area (Å²) in [5, 5.41) is 13.9. The van der Waals surface area contributed by atoms with Crippen LogP contribution < -0.4 is 9.46 Å². The average Bonchev–Trinajstić information content (AvgIpc) is 3.53. The van der Waals surface area contributed by atoms with Crippen LogP contribution in [0.3, 0.4) is 0 Å². The summed E-state index contributed by atoms with van der Waals surface area (Å²) in [4.78, 5) is 27.0. The molecule has 4 heterocycles. The van der Waals surface area contributed by atoms with Gasteiger partial charge in [-0.3, -0.25) is 9.48 Å². The number of nitrogens with one attached hydrogen (secondary N) is 1. The number of nitrogens with zero attached hydrogens (tertiary/aromatic N) is 6. The van der Waals surface area contributed by atoms with E-state index in [-0.39, 0.29) is 40.6 Å². The molecule has 0 spiro atoms. The smallest absolute Gasteiger partial charge is 0.267 e. The Bertz CT molecular complexity index is 1630. The monoisotopic (exact) mass is 549 g/mol. The molecule has 13 heteroatoms. The second kappa shape index (κ2) is 10.3. The lowest BCUT2D eigenvalue weighted by molar-refractivity contribution is 0.0767. The molecule has 39 heavy (non-hydrogen) atoms. The maximum atomic E-state index is 13.0. The number of rotatable bonds is 7. The van der Waals surface area contributed by atoms with Gasteiger partial charge >= 0.3 is 0 Å².